The number of amides is 1. The molecule has 0 saturated heterocycles. The zero-order valence-electron chi connectivity index (χ0n) is 18.8. The molecule has 0 aliphatic carbocycles. The van der Waals surface area contributed by atoms with Crippen LogP contribution >= 0.6 is 0 Å². The van der Waals surface area contributed by atoms with Crippen molar-refractivity contribution in [3.8, 4) is 22.8 Å². The number of halogens is 1. The van der Waals surface area contributed by atoms with Crippen molar-refractivity contribution in [1.82, 2.24) is 14.5 Å². The van der Waals surface area contributed by atoms with Gasteiger partial charge in [0.2, 0.25) is 11.9 Å². The summed E-state index contributed by atoms with van der Waals surface area (Å²) in [6.07, 6.45) is 4.71. The Morgan fingerprint density at radius 2 is 1.91 bits per heavy atom. The highest BCUT2D eigenvalue weighted by Gasteiger charge is 2.15. The molecule has 1 amide bonds. The van der Waals surface area contributed by atoms with Gasteiger partial charge in [-0.05, 0) is 24.3 Å². The molecule has 0 aliphatic rings. The van der Waals surface area contributed by atoms with E-state index in [2.05, 4.69) is 27.2 Å². The maximum atomic E-state index is 13.1. The zero-order chi connectivity index (χ0) is 24.1. The van der Waals surface area contributed by atoms with Crippen molar-refractivity contribution in [2.45, 2.75) is 6.54 Å². The van der Waals surface area contributed by atoms with Gasteiger partial charge in [-0.15, -0.1) is 0 Å². The molecule has 0 radical (unpaired) electrons. The first kappa shape index (κ1) is 22.8. The van der Waals surface area contributed by atoms with Crippen LogP contribution in [0.3, 0.4) is 0 Å². The molecule has 4 rings (SSSR count). The normalized spacial score (nSPS) is 10.7. The van der Waals surface area contributed by atoms with E-state index >= 15 is 0 Å². The van der Waals surface area contributed by atoms with Crippen LogP contribution in [0.5, 0.6) is 11.5 Å². The lowest BCUT2D eigenvalue weighted by Crippen LogP contribution is -2.09. The van der Waals surface area contributed by atoms with Crippen molar-refractivity contribution < 1.29 is 18.7 Å². The number of carbonyl (C=O) groups is 1. The second-order valence-corrected chi connectivity index (χ2v) is 7.28. The van der Waals surface area contributed by atoms with Gasteiger partial charge in [0.15, 0.2) is 0 Å². The predicted octanol–water partition coefficient (Wildman–Crippen LogP) is 4.95. The number of alkyl halides is 1. The van der Waals surface area contributed by atoms with Crippen molar-refractivity contribution in [3.05, 3.63) is 67.5 Å². The molecule has 4 aromatic rings. The SMILES string of the molecule is C=CC(=O)Nc1cc(Nc2nccc(-c3cn(CCF)c4ccccc34)n2)c(OC)cc1OC. The molecule has 0 aliphatic heterocycles. The summed E-state index contributed by atoms with van der Waals surface area (Å²) in [4.78, 5) is 20.8. The number of methoxy groups -OCH3 is 2. The Morgan fingerprint density at radius 1 is 1.15 bits per heavy atom. The van der Waals surface area contributed by atoms with E-state index < -0.39 is 6.67 Å². The van der Waals surface area contributed by atoms with Crippen LogP contribution in [0.25, 0.3) is 22.2 Å². The number of carbonyl (C=O) groups excluding carboxylic acids is 1. The maximum Gasteiger partial charge on any atom is 0.247 e. The third-order valence-corrected chi connectivity index (χ3v) is 5.26. The number of anilines is 3. The highest BCUT2D eigenvalue weighted by atomic mass is 19.1. The Kier molecular flexibility index (Phi) is 6.72. The average Bonchev–Trinajstić information content (AvgIpc) is 3.23. The molecule has 0 spiro atoms. The number of para-hydroxylation sites is 1. The number of aromatic nitrogens is 3. The Hall–Kier alpha value is -4.40. The molecule has 174 valence electrons. The fraction of sp³-hybridized carbons (Fsp3) is 0.160. The molecule has 2 aromatic heterocycles. The molecule has 0 atom stereocenters. The molecule has 34 heavy (non-hydrogen) atoms. The Labute approximate surface area is 196 Å². The number of benzene rings is 2. The fourth-order valence-corrected chi connectivity index (χ4v) is 3.69. The Morgan fingerprint density at radius 3 is 2.65 bits per heavy atom. The van der Waals surface area contributed by atoms with Gasteiger partial charge >= 0.3 is 0 Å². The topological polar surface area (TPSA) is 90.3 Å². The van der Waals surface area contributed by atoms with Crippen LogP contribution in [0.15, 0.2) is 67.5 Å². The van der Waals surface area contributed by atoms with Gasteiger partial charge in [-0.25, -0.2) is 14.4 Å². The molecule has 0 bridgehead atoms. The molecule has 9 heteroatoms. The van der Waals surface area contributed by atoms with Gasteiger partial charge in [0.05, 0.1) is 37.8 Å². The third kappa shape index (κ3) is 4.54. The lowest BCUT2D eigenvalue weighted by molar-refractivity contribution is -0.111. The molecule has 0 fully saturated rings. The smallest absolute Gasteiger partial charge is 0.247 e. The van der Waals surface area contributed by atoms with Crippen LogP contribution in [-0.2, 0) is 11.3 Å². The van der Waals surface area contributed by atoms with E-state index in [-0.39, 0.29) is 12.5 Å². The van der Waals surface area contributed by atoms with Crippen LogP contribution in [-0.4, -0.2) is 41.3 Å². The summed E-state index contributed by atoms with van der Waals surface area (Å²) < 4.78 is 25.8. The van der Waals surface area contributed by atoms with Crippen molar-refractivity contribution >= 4 is 34.1 Å². The Bertz CT molecular complexity index is 1350. The molecular weight excluding hydrogens is 437 g/mol. The van der Waals surface area contributed by atoms with Crippen LogP contribution < -0.4 is 20.1 Å². The highest BCUT2D eigenvalue weighted by molar-refractivity contribution is 6.00. The maximum absolute atomic E-state index is 13.1. The summed E-state index contributed by atoms with van der Waals surface area (Å²) in [6, 6.07) is 12.9. The van der Waals surface area contributed by atoms with E-state index in [4.69, 9.17) is 9.47 Å². The second-order valence-electron chi connectivity index (χ2n) is 7.28. The zero-order valence-corrected chi connectivity index (χ0v) is 18.8. The van der Waals surface area contributed by atoms with E-state index in [1.807, 2.05) is 35.0 Å². The van der Waals surface area contributed by atoms with Gasteiger partial charge in [-0.1, -0.05) is 24.8 Å². The number of rotatable bonds is 9. The lowest BCUT2D eigenvalue weighted by Gasteiger charge is -2.16. The highest BCUT2D eigenvalue weighted by Crippen LogP contribution is 2.38. The van der Waals surface area contributed by atoms with Gasteiger partial charge in [-0.3, -0.25) is 4.79 Å². The quantitative estimate of drug-likeness (QED) is 0.343. The summed E-state index contributed by atoms with van der Waals surface area (Å²) in [7, 11) is 3.02. The monoisotopic (exact) mass is 461 g/mol. The van der Waals surface area contributed by atoms with Crippen LogP contribution in [0.4, 0.5) is 21.7 Å². The van der Waals surface area contributed by atoms with E-state index in [9.17, 15) is 9.18 Å². The number of nitrogens with one attached hydrogen (secondary N) is 2. The number of hydrogen-bond donors (Lipinski definition) is 2. The third-order valence-electron chi connectivity index (χ3n) is 5.26. The van der Waals surface area contributed by atoms with E-state index in [0.717, 1.165) is 16.5 Å². The molecular formula is C25H24FN5O3. The minimum atomic E-state index is -0.462. The number of ether oxygens (including phenoxy) is 2. The molecule has 2 aromatic carbocycles. The van der Waals surface area contributed by atoms with Gasteiger partial charge in [0.1, 0.15) is 18.2 Å². The molecule has 8 nitrogen and oxygen atoms in total. The van der Waals surface area contributed by atoms with Gasteiger partial charge in [0, 0.05) is 34.9 Å². The van der Waals surface area contributed by atoms with E-state index in [1.165, 1.54) is 20.3 Å². The standard InChI is InChI=1S/C25H24FN5O3/c1-4-24(32)28-19-13-20(23(34-3)14-22(19)33-2)30-25-27-11-9-18(29-25)17-15-31(12-10-26)21-8-6-5-7-16(17)21/h4-9,11,13-15H,1,10,12H2,2-3H3,(H,28,32)(H,27,29,30). The van der Waals surface area contributed by atoms with Crippen molar-refractivity contribution in [2.75, 3.05) is 31.5 Å². The van der Waals surface area contributed by atoms with Crippen molar-refractivity contribution in [2.24, 2.45) is 0 Å². The van der Waals surface area contributed by atoms with Crippen LogP contribution in [0.2, 0.25) is 0 Å². The van der Waals surface area contributed by atoms with Crippen LogP contribution in [0.1, 0.15) is 0 Å². The summed E-state index contributed by atoms with van der Waals surface area (Å²) >= 11 is 0. The molecule has 2 heterocycles. The number of aryl methyl sites for hydroxylation is 1. The number of nitrogens with zero attached hydrogens (tertiary/aromatic N) is 3. The first-order valence-electron chi connectivity index (χ1n) is 10.5. The minimum absolute atomic E-state index is 0.263. The van der Waals surface area contributed by atoms with Crippen molar-refractivity contribution in [3.63, 3.8) is 0 Å². The number of fused-ring (bicyclic) bond motifs is 1. The first-order valence-corrected chi connectivity index (χ1v) is 10.5. The lowest BCUT2D eigenvalue weighted by atomic mass is 10.1. The fourth-order valence-electron chi connectivity index (χ4n) is 3.69. The molecule has 0 saturated carbocycles. The van der Waals surface area contributed by atoms with Crippen LogP contribution in [0, 0.1) is 0 Å². The summed E-state index contributed by atoms with van der Waals surface area (Å²) in [5, 5.41) is 6.83. The van der Waals surface area contributed by atoms with Gasteiger partial charge in [0.25, 0.3) is 0 Å². The largest absolute Gasteiger partial charge is 0.494 e. The summed E-state index contributed by atoms with van der Waals surface area (Å²) in [5.41, 5.74) is 3.44. The minimum Gasteiger partial charge on any atom is -0.494 e. The summed E-state index contributed by atoms with van der Waals surface area (Å²) in [6.45, 7) is 3.28. The first-order chi connectivity index (χ1) is 16.6. The van der Waals surface area contributed by atoms with Gasteiger partial charge < -0.3 is 24.7 Å². The van der Waals surface area contributed by atoms with E-state index in [1.54, 1.807) is 24.4 Å². The molecule has 0 unspecified atom stereocenters. The number of hydrogen-bond acceptors (Lipinski definition) is 6. The predicted molar refractivity (Wildman–Crippen MR) is 131 cm³/mol. The Balaban J connectivity index is 1.72. The second kappa shape index (κ2) is 10.0. The van der Waals surface area contributed by atoms with E-state index in [0.29, 0.717) is 34.5 Å². The summed E-state index contributed by atoms with van der Waals surface area (Å²) in [5.74, 6) is 0.844. The van der Waals surface area contributed by atoms with Gasteiger partial charge in [-0.2, -0.15) is 0 Å². The molecule has 2 N–H and O–H groups in total. The average molecular weight is 461 g/mol. The van der Waals surface area contributed by atoms with Crippen molar-refractivity contribution in [1.29, 1.82) is 0 Å².